The zero-order valence-electron chi connectivity index (χ0n) is 12.4. The molecule has 1 aromatic heterocycles. The summed E-state index contributed by atoms with van der Waals surface area (Å²) in [6, 6.07) is 2.05. The second-order valence-electron chi connectivity index (χ2n) is 5.23. The van der Waals surface area contributed by atoms with Gasteiger partial charge in [0, 0.05) is 12.1 Å². The Labute approximate surface area is 114 Å². The molecule has 2 N–H and O–H groups in total. The number of aromatic nitrogens is 2. The number of esters is 1. The number of nitrogens with one attached hydrogen (secondary N) is 2. The number of carbonyl (C=O) groups is 1. The molecule has 0 atom stereocenters. The van der Waals surface area contributed by atoms with Crippen LogP contribution in [0.1, 0.15) is 33.5 Å². The van der Waals surface area contributed by atoms with Crippen molar-refractivity contribution in [2.75, 3.05) is 17.7 Å². The third-order valence-corrected chi connectivity index (χ3v) is 2.41. The number of nitrogens with zero attached hydrogens (tertiary/aromatic N) is 2. The lowest BCUT2D eigenvalue weighted by Crippen LogP contribution is -2.41. The average Bonchev–Trinajstić information content (AvgIpc) is 2.25. The predicted molar refractivity (Wildman–Crippen MR) is 75.2 cm³/mol. The van der Waals surface area contributed by atoms with Gasteiger partial charge in [-0.1, -0.05) is 0 Å². The van der Waals surface area contributed by atoms with Gasteiger partial charge in [0.1, 0.15) is 23.0 Å². The van der Waals surface area contributed by atoms with Crippen molar-refractivity contribution in [1.29, 1.82) is 0 Å². The highest BCUT2D eigenvalue weighted by Gasteiger charge is 2.29. The number of ether oxygens (including phenoxy) is 1. The van der Waals surface area contributed by atoms with Crippen molar-refractivity contribution in [2.24, 2.45) is 0 Å². The van der Waals surface area contributed by atoms with Gasteiger partial charge < -0.3 is 15.4 Å². The second-order valence-corrected chi connectivity index (χ2v) is 5.23. The maximum absolute atomic E-state index is 11.6. The Morgan fingerprint density at radius 3 is 2.42 bits per heavy atom. The maximum atomic E-state index is 11.6. The predicted octanol–water partition coefficient (Wildman–Crippen LogP) is 1.97. The van der Waals surface area contributed by atoms with Crippen molar-refractivity contribution < 1.29 is 9.53 Å². The molecule has 0 saturated carbocycles. The van der Waals surface area contributed by atoms with Crippen molar-refractivity contribution in [1.82, 2.24) is 9.97 Å². The molecule has 1 heterocycles. The van der Waals surface area contributed by atoms with Gasteiger partial charge in [-0.05, 0) is 34.6 Å². The number of rotatable bonds is 5. The number of methoxy groups -OCH3 is 1. The van der Waals surface area contributed by atoms with Crippen molar-refractivity contribution in [3.63, 3.8) is 0 Å². The van der Waals surface area contributed by atoms with Crippen LogP contribution in [0.25, 0.3) is 0 Å². The number of anilines is 2. The molecule has 0 aliphatic carbocycles. The van der Waals surface area contributed by atoms with Crippen molar-refractivity contribution in [3.8, 4) is 0 Å². The summed E-state index contributed by atoms with van der Waals surface area (Å²) in [6.07, 6.45) is 0. The van der Waals surface area contributed by atoms with Crippen molar-refractivity contribution >= 4 is 17.6 Å². The van der Waals surface area contributed by atoms with Crippen LogP contribution in [0.4, 0.5) is 11.6 Å². The first-order chi connectivity index (χ1) is 8.74. The van der Waals surface area contributed by atoms with Crippen LogP contribution >= 0.6 is 0 Å². The van der Waals surface area contributed by atoms with E-state index in [0.29, 0.717) is 11.6 Å². The largest absolute Gasteiger partial charge is 0.467 e. The van der Waals surface area contributed by atoms with E-state index in [0.717, 1.165) is 5.82 Å². The van der Waals surface area contributed by atoms with E-state index >= 15 is 0 Å². The average molecular weight is 266 g/mol. The van der Waals surface area contributed by atoms with Gasteiger partial charge in [-0.3, -0.25) is 0 Å². The Balaban J connectivity index is 2.95. The summed E-state index contributed by atoms with van der Waals surface area (Å²) in [5, 5.41) is 6.27. The summed E-state index contributed by atoms with van der Waals surface area (Å²) in [4.78, 5) is 20.2. The van der Waals surface area contributed by atoms with Crippen LogP contribution in [0.2, 0.25) is 0 Å². The van der Waals surface area contributed by atoms with Gasteiger partial charge in [0.25, 0.3) is 0 Å². The van der Waals surface area contributed by atoms with Gasteiger partial charge in [-0.25, -0.2) is 14.8 Å². The molecular weight excluding hydrogens is 244 g/mol. The van der Waals surface area contributed by atoms with Gasteiger partial charge in [-0.15, -0.1) is 0 Å². The fraction of sp³-hybridized carbons (Fsp3) is 0.615. The smallest absolute Gasteiger partial charge is 0.330 e. The van der Waals surface area contributed by atoms with Crippen LogP contribution in [0.15, 0.2) is 6.07 Å². The molecule has 1 rings (SSSR count). The number of carbonyl (C=O) groups excluding carboxylic acids is 1. The van der Waals surface area contributed by atoms with E-state index < -0.39 is 5.54 Å². The summed E-state index contributed by atoms with van der Waals surface area (Å²) < 4.78 is 4.75. The molecule has 19 heavy (non-hydrogen) atoms. The molecule has 0 fully saturated rings. The minimum atomic E-state index is -0.843. The van der Waals surface area contributed by atoms with Crippen LogP contribution in [0.3, 0.4) is 0 Å². The van der Waals surface area contributed by atoms with Gasteiger partial charge in [0.15, 0.2) is 0 Å². The SMILES string of the molecule is COC(=O)C(C)(C)Nc1cc(NC(C)C)nc(C)n1. The Morgan fingerprint density at radius 1 is 1.32 bits per heavy atom. The molecule has 0 bridgehead atoms. The molecule has 6 nitrogen and oxygen atoms in total. The topological polar surface area (TPSA) is 76.1 Å². The highest BCUT2D eigenvalue weighted by atomic mass is 16.5. The third kappa shape index (κ3) is 4.39. The normalized spacial score (nSPS) is 11.3. The molecule has 0 saturated heterocycles. The standard InChI is InChI=1S/C13H22N4O2/c1-8(2)14-10-7-11(16-9(3)15-10)17-13(4,5)12(18)19-6/h7-8H,1-6H3,(H2,14,15,16,17). The molecule has 0 radical (unpaired) electrons. The van der Waals surface area contributed by atoms with Crippen LogP contribution in [-0.4, -0.2) is 34.6 Å². The third-order valence-electron chi connectivity index (χ3n) is 2.41. The lowest BCUT2D eigenvalue weighted by atomic mass is 10.1. The van der Waals surface area contributed by atoms with Crippen molar-refractivity contribution in [2.45, 2.75) is 46.2 Å². The minimum Gasteiger partial charge on any atom is -0.467 e. The molecule has 0 aliphatic heterocycles. The molecule has 0 aromatic carbocycles. The first kappa shape index (κ1) is 15.2. The first-order valence-corrected chi connectivity index (χ1v) is 6.23. The fourth-order valence-corrected chi connectivity index (χ4v) is 1.63. The monoisotopic (exact) mass is 266 g/mol. The molecule has 1 aromatic rings. The van der Waals surface area contributed by atoms with Gasteiger partial charge in [-0.2, -0.15) is 0 Å². The first-order valence-electron chi connectivity index (χ1n) is 6.23. The zero-order chi connectivity index (χ0) is 14.6. The van der Waals surface area contributed by atoms with Gasteiger partial charge >= 0.3 is 5.97 Å². The van der Waals surface area contributed by atoms with Gasteiger partial charge in [0.05, 0.1) is 7.11 Å². The summed E-state index contributed by atoms with van der Waals surface area (Å²) >= 11 is 0. The highest BCUT2D eigenvalue weighted by molar-refractivity contribution is 5.83. The quantitative estimate of drug-likeness (QED) is 0.794. The summed E-state index contributed by atoms with van der Waals surface area (Å²) in [5.41, 5.74) is -0.843. The Hall–Kier alpha value is -1.85. The van der Waals surface area contributed by atoms with E-state index in [1.165, 1.54) is 7.11 Å². The van der Waals surface area contributed by atoms with E-state index in [-0.39, 0.29) is 12.0 Å². The zero-order valence-corrected chi connectivity index (χ0v) is 12.4. The lowest BCUT2D eigenvalue weighted by Gasteiger charge is -2.24. The van der Waals surface area contributed by atoms with Crippen molar-refractivity contribution in [3.05, 3.63) is 11.9 Å². The Morgan fingerprint density at radius 2 is 1.89 bits per heavy atom. The van der Waals surface area contributed by atoms with Crippen LogP contribution in [-0.2, 0) is 9.53 Å². The lowest BCUT2D eigenvalue weighted by molar-refractivity contribution is -0.144. The molecule has 0 amide bonds. The number of hydrogen-bond donors (Lipinski definition) is 2. The highest BCUT2D eigenvalue weighted by Crippen LogP contribution is 2.17. The van der Waals surface area contributed by atoms with E-state index in [4.69, 9.17) is 4.74 Å². The van der Waals surface area contributed by atoms with E-state index in [1.54, 1.807) is 19.9 Å². The second kappa shape index (κ2) is 5.86. The van der Waals surface area contributed by atoms with Crippen LogP contribution in [0, 0.1) is 6.92 Å². The fourth-order valence-electron chi connectivity index (χ4n) is 1.63. The van der Waals surface area contributed by atoms with E-state index in [2.05, 4.69) is 20.6 Å². The Bertz CT molecular complexity index is 458. The Kier molecular flexibility index (Phi) is 4.69. The molecule has 106 valence electrons. The van der Waals surface area contributed by atoms with E-state index in [1.807, 2.05) is 20.8 Å². The molecule has 0 aliphatic rings. The summed E-state index contributed by atoms with van der Waals surface area (Å²) in [5.74, 6) is 1.60. The van der Waals surface area contributed by atoms with Gasteiger partial charge in [0.2, 0.25) is 0 Å². The summed E-state index contributed by atoms with van der Waals surface area (Å²) in [7, 11) is 1.36. The van der Waals surface area contributed by atoms with E-state index in [9.17, 15) is 4.79 Å². The minimum absolute atomic E-state index is 0.274. The number of hydrogen-bond acceptors (Lipinski definition) is 6. The number of aryl methyl sites for hydroxylation is 1. The molecular formula is C13H22N4O2. The summed E-state index contributed by atoms with van der Waals surface area (Å²) in [6.45, 7) is 9.35. The maximum Gasteiger partial charge on any atom is 0.330 e. The molecule has 0 spiro atoms. The van der Waals surface area contributed by atoms with Crippen LogP contribution in [0.5, 0.6) is 0 Å². The molecule has 6 heteroatoms. The molecule has 0 unspecified atom stereocenters. The van der Waals surface area contributed by atoms with Crippen LogP contribution < -0.4 is 10.6 Å².